The highest BCUT2D eigenvalue weighted by Crippen LogP contribution is 2.29. The maximum atomic E-state index is 13.4. The molecule has 0 aliphatic heterocycles. The van der Waals surface area contributed by atoms with Crippen LogP contribution >= 0.6 is 0 Å². The van der Waals surface area contributed by atoms with Crippen LogP contribution in [0.4, 0.5) is 0 Å². The lowest BCUT2D eigenvalue weighted by Crippen LogP contribution is -2.27. The first-order valence-corrected chi connectivity index (χ1v) is 9.67. The quantitative estimate of drug-likeness (QED) is 0.525. The molecule has 3 aromatic carbocycles. The van der Waals surface area contributed by atoms with Crippen molar-refractivity contribution < 1.29 is 14.3 Å². The predicted molar refractivity (Wildman–Crippen MR) is 115 cm³/mol. The van der Waals surface area contributed by atoms with Crippen LogP contribution in [0.25, 0.3) is 0 Å². The highest BCUT2D eigenvalue weighted by atomic mass is 16.5. The van der Waals surface area contributed by atoms with Gasteiger partial charge in [-0.05, 0) is 42.9 Å². The fraction of sp³-hybridized carbons (Fsp3) is 0.240. The lowest BCUT2D eigenvalue weighted by atomic mass is 9.91. The van der Waals surface area contributed by atoms with Gasteiger partial charge < -0.3 is 14.4 Å². The van der Waals surface area contributed by atoms with Crippen molar-refractivity contribution in [3.63, 3.8) is 0 Å². The van der Waals surface area contributed by atoms with Crippen LogP contribution in [0.2, 0.25) is 0 Å². The summed E-state index contributed by atoms with van der Waals surface area (Å²) in [4.78, 5) is 15.4. The molecule has 3 aromatic rings. The molecule has 0 radical (unpaired) electrons. The first-order valence-electron chi connectivity index (χ1n) is 9.67. The Bertz CT molecular complexity index is 853. The topological polar surface area (TPSA) is 38.8 Å². The summed E-state index contributed by atoms with van der Waals surface area (Å²) in [5.74, 6) is 0.0421. The molecule has 0 bridgehead atoms. The van der Waals surface area contributed by atoms with E-state index in [1.807, 2.05) is 104 Å². The minimum Gasteiger partial charge on any atom is -0.497 e. The molecular weight excluding hydrogens is 362 g/mol. The van der Waals surface area contributed by atoms with Crippen molar-refractivity contribution in [2.24, 2.45) is 0 Å². The van der Waals surface area contributed by atoms with Crippen LogP contribution in [-0.4, -0.2) is 38.6 Å². The summed E-state index contributed by atoms with van der Waals surface area (Å²) in [7, 11) is 5.57. The average molecular weight is 389 g/mol. The molecule has 150 valence electrons. The molecule has 1 unspecified atom stereocenters. The summed E-state index contributed by atoms with van der Waals surface area (Å²) >= 11 is 0. The first kappa shape index (κ1) is 20.6. The second-order valence-electron chi connectivity index (χ2n) is 7.22. The highest BCUT2D eigenvalue weighted by molar-refractivity contribution is 5.82. The van der Waals surface area contributed by atoms with Crippen LogP contribution in [0.3, 0.4) is 0 Å². The normalized spacial score (nSPS) is 12.0. The first-order chi connectivity index (χ1) is 14.1. The highest BCUT2D eigenvalue weighted by Gasteiger charge is 2.27. The molecule has 0 aliphatic carbocycles. The van der Waals surface area contributed by atoms with E-state index in [2.05, 4.69) is 0 Å². The van der Waals surface area contributed by atoms with Gasteiger partial charge in [0.05, 0.1) is 7.11 Å². The fourth-order valence-corrected chi connectivity index (χ4v) is 3.32. The van der Waals surface area contributed by atoms with Crippen LogP contribution in [0.15, 0.2) is 84.9 Å². The number of rotatable bonds is 8. The van der Waals surface area contributed by atoms with Crippen molar-refractivity contribution in [2.45, 2.75) is 12.0 Å². The summed E-state index contributed by atoms with van der Waals surface area (Å²) in [6.07, 6.45) is -0.377. The molecule has 0 heterocycles. The third-order valence-corrected chi connectivity index (χ3v) is 4.78. The van der Waals surface area contributed by atoms with Crippen LogP contribution < -0.4 is 4.74 Å². The van der Waals surface area contributed by atoms with Gasteiger partial charge in [-0.1, -0.05) is 72.8 Å². The molecule has 0 spiro atoms. The number of hydrogen-bond donors (Lipinski definition) is 0. The fourth-order valence-electron chi connectivity index (χ4n) is 3.32. The maximum absolute atomic E-state index is 13.4. The molecule has 0 N–H and O–H groups in total. The van der Waals surface area contributed by atoms with Crippen molar-refractivity contribution in [3.8, 4) is 5.75 Å². The molecule has 29 heavy (non-hydrogen) atoms. The molecule has 1 atom stereocenters. The third kappa shape index (κ3) is 5.46. The molecule has 3 rings (SSSR count). The van der Waals surface area contributed by atoms with Gasteiger partial charge in [0.15, 0.2) is 0 Å². The smallest absolute Gasteiger partial charge is 0.318 e. The van der Waals surface area contributed by atoms with E-state index in [1.165, 1.54) is 0 Å². The van der Waals surface area contributed by atoms with Crippen molar-refractivity contribution in [3.05, 3.63) is 102 Å². The second-order valence-corrected chi connectivity index (χ2v) is 7.22. The summed E-state index contributed by atoms with van der Waals surface area (Å²) < 4.78 is 11.3. The van der Waals surface area contributed by atoms with Gasteiger partial charge in [0, 0.05) is 6.54 Å². The van der Waals surface area contributed by atoms with E-state index < -0.39 is 5.92 Å². The van der Waals surface area contributed by atoms with Crippen molar-refractivity contribution in [1.82, 2.24) is 4.90 Å². The van der Waals surface area contributed by atoms with Gasteiger partial charge in [0.2, 0.25) is 0 Å². The van der Waals surface area contributed by atoms with Crippen molar-refractivity contribution in [1.29, 1.82) is 0 Å². The number of methoxy groups -OCH3 is 1. The van der Waals surface area contributed by atoms with Gasteiger partial charge in [-0.3, -0.25) is 4.79 Å². The summed E-state index contributed by atoms with van der Waals surface area (Å²) in [5.41, 5.74) is 2.77. The van der Waals surface area contributed by atoms with Gasteiger partial charge in [0.25, 0.3) is 0 Å². The zero-order chi connectivity index (χ0) is 20.6. The zero-order valence-corrected chi connectivity index (χ0v) is 17.1. The molecule has 0 fully saturated rings. The predicted octanol–water partition coefficient (Wildman–Crippen LogP) is 4.67. The number of likely N-dealkylation sites (N-methyl/N-ethyl adjacent to an activating group) is 1. The standard InChI is InChI=1S/C25H27NO3/c1-26(2)18-23(19-14-16-22(28-3)17-15-19)29-25(27)24(20-10-6-4-7-11-20)21-12-8-5-9-13-21/h4-17,23-24H,18H2,1-3H3. The van der Waals surface area contributed by atoms with Crippen LogP contribution in [0, 0.1) is 0 Å². The largest absolute Gasteiger partial charge is 0.497 e. The lowest BCUT2D eigenvalue weighted by molar-refractivity contribution is -0.151. The van der Waals surface area contributed by atoms with Gasteiger partial charge in [0.1, 0.15) is 17.8 Å². The molecule has 0 aromatic heterocycles. The number of hydrogen-bond acceptors (Lipinski definition) is 4. The Balaban J connectivity index is 1.90. The van der Waals surface area contributed by atoms with Gasteiger partial charge in [-0.15, -0.1) is 0 Å². The summed E-state index contributed by atoms with van der Waals surface area (Å²) in [6.45, 7) is 0.592. The monoisotopic (exact) mass is 389 g/mol. The van der Waals surface area contributed by atoms with E-state index in [0.29, 0.717) is 6.54 Å². The number of carbonyl (C=O) groups is 1. The molecule has 0 saturated heterocycles. The molecule has 0 aliphatic rings. The maximum Gasteiger partial charge on any atom is 0.318 e. The minimum atomic E-state index is -0.472. The Morgan fingerprint density at radius 3 is 1.76 bits per heavy atom. The van der Waals surface area contributed by atoms with E-state index in [9.17, 15) is 4.79 Å². The second kappa shape index (κ2) is 9.89. The van der Waals surface area contributed by atoms with E-state index in [1.54, 1.807) is 7.11 Å². The van der Waals surface area contributed by atoms with Crippen LogP contribution in [-0.2, 0) is 9.53 Å². The van der Waals surface area contributed by atoms with Crippen LogP contribution in [0.1, 0.15) is 28.7 Å². The number of carbonyl (C=O) groups excluding carboxylic acids is 1. The zero-order valence-electron chi connectivity index (χ0n) is 17.1. The van der Waals surface area contributed by atoms with E-state index >= 15 is 0 Å². The number of ether oxygens (including phenoxy) is 2. The Hall–Kier alpha value is -3.11. The summed E-state index contributed by atoms with van der Waals surface area (Å²) in [6, 6.07) is 27.2. The van der Waals surface area contributed by atoms with Gasteiger partial charge in [-0.25, -0.2) is 0 Å². The molecular formula is C25H27NO3. The Kier molecular flexibility index (Phi) is 7.04. The molecule has 4 nitrogen and oxygen atoms in total. The number of esters is 1. The van der Waals surface area contributed by atoms with E-state index in [0.717, 1.165) is 22.4 Å². The minimum absolute atomic E-state index is 0.259. The molecule has 4 heteroatoms. The van der Waals surface area contributed by atoms with E-state index in [4.69, 9.17) is 9.47 Å². The Morgan fingerprint density at radius 2 is 1.31 bits per heavy atom. The number of nitrogens with zero attached hydrogens (tertiary/aromatic N) is 1. The third-order valence-electron chi connectivity index (χ3n) is 4.78. The Labute approximate surface area is 172 Å². The molecule has 0 saturated carbocycles. The van der Waals surface area contributed by atoms with Gasteiger partial charge in [-0.2, -0.15) is 0 Å². The average Bonchev–Trinajstić information content (AvgIpc) is 2.75. The Morgan fingerprint density at radius 1 is 0.793 bits per heavy atom. The van der Waals surface area contributed by atoms with Crippen LogP contribution in [0.5, 0.6) is 5.75 Å². The van der Waals surface area contributed by atoms with E-state index in [-0.39, 0.29) is 12.1 Å². The summed E-state index contributed by atoms with van der Waals surface area (Å²) in [5, 5.41) is 0. The van der Waals surface area contributed by atoms with Crippen molar-refractivity contribution in [2.75, 3.05) is 27.7 Å². The molecule has 0 amide bonds. The lowest BCUT2D eigenvalue weighted by Gasteiger charge is -2.25. The SMILES string of the molecule is COc1ccc(C(CN(C)C)OC(=O)C(c2ccccc2)c2ccccc2)cc1. The number of benzene rings is 3. The van der Waals surface area contributed by atoms with Gasteiger partial charge >= 0.3 is 5.97 Å². The van der Waals surface area contributed by atoms with Crippen molar-refractivity contribution >= 4 is 5.97 Å².